The van der Waals surface area contributed by atoms with Crippen molar-refractivity contribution >= 4 is 17.7 Å². The Morgan fingerprint density at radius 3 is 3.29 bits per heavy atom. The van der Waals surface area contributed by atoms with Gasteiger partial charge in [0.1, 0.15) is 6.54 Å². The van der Waals surface area contributed by atoms with Crippen molar-refractivity contribution in [3.05, 3.63) is 0 Å². The third-order valence-electron chi connectivity index (χ3n) is 2.43. The lowest BCUT2D eigenvalue weighted by Gasteiger charge is -2.07. The third-order valence-corrected chi connectivity index (χ3v) is 3.52. The standard InChI is InChI=1S/C9H14N4O3S/c1-15-8(14)5-13-9(10-11-12-13)17-6-7-3-2-4-16-7/h7H,2-6H2,1H3. The molecule has 0 aromatic carbocycles. The van der Waals surface area contributed by atoms with Crippen molar-refractivity contribution in [3.8, 4) is 0 Å². The van der Waals surface area contributed by atoms with E-state index < -0.39 is 0 Å². The lowest BCUT2D eigenvalue weighted by Crippen LogP contribution is -2.15. The Bertz CT molecular complexity index is 378. The molecule has 2 rings (SSSR count). The van der Waals surface area contributed by atoms with Crippen LogP contribution in [0.4, 0.5) is 0 Å². The van der Waals surface area contributed by atoms with E-state index in [2.05, 4.69) is 20.3 Å². The third kappa shape index (κ3) is 3.40. The Morgan fingerprint density at radius 2 is 2.59 bits per heavy atom. The molecule has 1 aliphatic heterocycles. The van der Waals surface area contributed by atoms with Crippen molar-refractivity contribution in [2.45, 2.75) is 30.6 Å². The monoisotopic (exact) mass is 258 g/mol. The maximum Gasteiger partial charge on any atom is 0.327 e. The zero-order chi connectivity index (χ0) is 12.1. The molecule has 0 saturated carbocycles. The molecule has 0 bridgehead atoms. The van der Waals surface area contributed by atoms with Gasteiger partial charge in [0.2, 0.25) is 5.16 Å². The summed E-state index contributed by atoms with van der Waals surface area (Å²) in [6.45, 7) is 0.871. The molecule has 94 valence electrons. The Hall–Kier alpha value is -1.15. The largest absolute Gasteiger partial charge is 0.468 e. The number of hydrogen-bond donors (Lipinski definition) is 0. The van der Waals surface area contributed by atoms with Gasteiger partial charge in [0, 0.05) is 12.4 Å². The molecule has 0 amide bonds. The van der Waals surface area contributed by atoms with Gasteiger partial charge in [-0.2, -0.15) is 0 Å². The summed E-state index contributed by atoms with van der Waals surface area (Å²) in [5.41, 5.74) is 0. The number of thioether (sulfide) groups is 1. The normalized spacial score (nSPS) is 19.5. The fourth-order valence-electron chi connectivity index (χ4n) is 1.53. The highest BCUT2D eigenvalue weighted by atomic mass is 32.2. The molecular weight excluding hydrogens is 244 g/mol. The highest BCUT2D eigenvalue weighted by molar-refractivity contribution is 7.99. The number of ether oxygens (including phenoxy) is 2. The summed E-state index contributed by atoms with van der Waals surface area (Å²) in [6.07, 6.45) is 2.45. The number of nitrogens with zero attached hydrogens (tertiary/aromatic N) is 4. The van der Waals surface area contributed by atoms with Crippen LogP contribution in [0.15, 0.2) is 5.16 Å². The minimum absolute atomic E-state index is 0.0390. The van der Waals surface area contributed by atoms with Crippen LogP contribution in [0.5, 0.6) is 0 Å². The molecule has 1 aromatic heterocycles. The average Bonchev–Trinajstić information content (AvgIpc) is 2.97. The van der Waals surface area contributed by atoms with Gasteiger partial charge in [0.25, 0.3) is 0 Å². The first-order valence-electron chi connectivity index (χ1n) is 5.37. The minimum Gasteiger partial charge on any atom is -0.468 e. The Kier molecular flexibility index (Phi) is 4.32. The second kappa shape index (κ2) is 5.97. The lowest BCUT2D eigenvalue weighted by atomic mass is 10.3. The molecule has 1 atom stereocenters. The van der Waals surface area contributed by atoms with E-state index in [0.29, 0.717) is 5.16 Å². The molecule has 7 nitrogen and oxygen atoms in total. The topological polar surface area (TPSA) is 79.1 Å². The number of esters is 1. The van der Waals surface area contributed by atoms with Gasteiger partial charge in [-0.1, -0.05) is 11.8 Å². The van der Waals surface area contributed by atoms with Gasteiger partial charge in [0.05, 0.1) is 13.2 Å². The van der Waals surface area contributed by atoms with Crippen molar-refractivity contribution in [2.24, 2.45) is 0 Å². The SMILES string of the molecule is COC(=O)Cn1nnnc1SCC1CCCO1. The first-order valence-corrected chi connectivity index (χ1v) is 6.35. The zero-order valence-electron chi connectivity index (χ0n) is 9.53. The van der Waals surface area contributed by atoms with Crippen LogP contribution in [0.25, 0.3) is 0 Å². The van der Waals surface area contributed by atoms with E-state index in [1.165, 1.54) is 23.6 Å². The maximum atomic E-state index is 11.1. The summed E-state index contributed by atoms with van der Waals surface area (Å²) in [5.74, 6) is 0.443. The Balaban J connectivity index is 1.87. The molecule has 1 unspecified atom stereocenters. The van der Waals surface area contributed by atoms with E-state index in [4.69, 9.17) is 4.74 Å². The molecule has 17 heavy (non-hydrogen) atoms. The quantitative estimate of drug-likeness (QED) is 0.548. The van der Waals surface area contributed by atoms with Crippen LogP contribution in [0.1, 0.15) is 12.8 Å². The molecule has 1 fully saturated rings. The van der Waals surface area contributed by atoms with Crippen LogP contribution in [-0.2, 0) is 20.8 Å². The number of carbonyl (C=O) groups excluding carboxylic acids is 1. The second-order valence-electron chi connectivity index (χ2n) is 3.64. The van der Waals surface area contributed by atoms with Crippen LogP contribution in [0.2, 0.25) is 0 Å². The van der Waals surface area contributed by atoms with E-state index in [9.17, 15) is 4.79 Å². The first kappa shape index (κ1) is 12.3. The van der Waals surface area contributed by atoms with Crippen molar-refractivity contribution in [1.82, 2.24) is 20.2 Å². The molecule has 1 aromatic rings. The van der Waals surface area contributed by atoms with Crippen LogP contribution >= 0.6 is 11.8 Å². The molecule has 1 aliphatic rings. The van der Waals surface area contributed by atoms with E-state index >= 15 is 0 Å². The van der Waals surface area contributed by atoms with Crippen molar-refractivity contribution in [1.29, 1.82) is 0 Å². The van der Waals surface area contributed by atoms with Gasteiger partial charge in [-0.25, -0.2) is 4.68 Å². The van der Waals surface area contributed by atoms with Gasteiger partial charge in [0.15, 0.2) is 0 Å². The summed E-state index contributed by atoms with van der Waals surface area (Å²) < 4.78 is 11.5. The fraction of sp³-hybridized carbons (Fsp3) is 0.778. The molecule has 8 heteroatoms. The Labute approximate surface area is 103 Å². The molecule has 0 N–H and O–H groups in total. The molecule has 1 saturated heterocycles. The number of carbonyl (C=O) groups is 1. The zero-order valence-corrected chi connectivity index (χ0v) is 10.4. The molecule has 0 radical (unpaired) electrons. The predicted molar refractivity (Wildman–Crippen MR) is 59.5 cm³/mol. The van der Waals surface area contributed by atoms with Crippen molar-refractivity contribution in [3.63, 3.8) is 0 Å². The summed E-state index contributed by atoms with van der Waals surface area (Å²) in [7, 11) is 1.34. The van der Waals surface area contributed by atoms with Gasteiger partial charge in [-0.05, 0) is 23.3 Å². The number of rotatable bonds is 5. The fourth-order valence-corrected chi connectivity index (χ4v) is 2.47. The van der Waals surface area contributed by atoms with Crippen LogP contribution in [0.3, 0.4) is 0 Å². The number of tetrazole rings is 1. The van der Waals surface area contributed by atoms with Crippen molar-refractivity contribution < 1.29 is 14.3 Å². The number of hydrogen-bond acceptors (Lipinski definition) is 7. The summed E-state index contributed by atoms with van der Waals surface area (Å²) in [6, 6.07) is 0. The highest BCUT2D eigenvalue weighted by Crippen LogP contribution is 2.21. The van der Waals surface area contributed by atoms with Gasteiger partial charge in [-0.3, -0.25) is 4.79 Å². The van der Waals surface area contributed by atoms with Crippen LogP contribution in [0, 0.1) is 0 Å². The van der Waals surface area contributed by atoms with E-state index in [-0.39, 0.29) is 18.6 Å². The minimum atomic E-state index is -0.365. The smallest absolute Gasteiger partial charge is 0.327 e. The molecule has 0 aliphatic carbocycles. The lowest BCUT2D eigenvalue weighted by molar-refractivity contribution is -0.141. The summed E-state index contributed by atoms with van der Waals surface area (Å²) in [4.78, 5) is 11.1. The highest BCUT2D eigenvalue weighted by Gasteiger charge is 2.18. The van der Waals surface area contributed by atoms with Crippen molar-refractivity contribution in [2.75, 3.05) is 19.5 Å². The molecule has 0 spiro atoms. The van der Waals surface area contributed by atoms with E-state index in [1.54, 1.807) is 0 Å². The van der Waals surface area contributed by atoms with Crippen LogP contribution < -0.4 is 0 Å². The Morgan fingerprint density at radius 1 is 1.71 bits per heavy atom. The molecule has 2 heterocycles. The number of aromatic nitrogens is 4. The maximum absolute atomic E-state index is 11.1. The van der Waals surface area contributed by atoms with Crippen LogP contribution in [-0.4, -0.2) is 51.8 Å². The summed E-state index contributed by atoms with van der Waals surface area (Å²) >= 11 is 1.50. The summed E-state index contributed by atoms with van der Waals surface area (Å²) in [5, 5.41) is 11.8. The van der Waals surface area contributed by atoms with Gasteiger partial charge >= 0.3 is 5.97 Å². The van der Waals surface area contributed by atoms with Gasteiger partial charge < -0.3 is 9.47 Å². The second-order valence-corrected chi connectivity index (χ2v) is 4.63. The number of methoxy groups -OCH3 is 1. The molecular formula is C9H14N4O3S. The average molecular weight is 258 g/mol. The van der Waals surface area contributed by atoms with Gasteiger partial charge in [-0.15, -0.1) is 5.10 Å². The van der Waals surface area contributed by atoms with E-state index in [1.807, 2.05) is 0 Å². The first-order chi connectivity index (χ1) is 8.29. The van der Waals surface area contributed by atoms with E-state index in [0.717, 1.165) is 25.2 Å². The predicted octanol–water partition coefficient (Wildman–Crippen LogP) is 0.117.